The highest BCUT2D eigenvalue weighted by Gasteiger charge is 2.43. The summed E-state index contributed by atoms with van der Waals surface area (Å²) in [5, 5.41) is 3.48. The van der Waals surface area contributed by atoms with Gasteiger partial charge in [-0.05, 0) is 51.9 Å². The Morgan fingerprint density at radius 3 is 2.81 bits per heavy atom. The van der Waals surface area contributed by atoms with E-state index in [-0.39, 0.29) is 0 Å². The molecule has 1 aromatic heterocycles. The lowest BCUT2D eigenvalue weighted by Crippen LogP contribution is -2.20. The molecule has 2 aliphatic heterocycles. The van der Waals surface area contributed by atoms with E-state index in [1.807, 2.05) is 0 Å². The van der Waals surface area contributed by atoms with Crippen molar-refractivity contribution in [2.75, 3.05) is 11.9 Å². The van der Waals surface area contributed by atoms with E-state index in [2.05, 4.69) is 12.2 Å². The molecule has 1 aromatic rings. The van der Waals surface area contributed by atoms with Gasteiger partial charge in [-0.3, -0.25) is 0 Å². The first-order chi connectivity index (χ1) is 10.3. The molecule has 4 rings (SSSR count). The predicted molar refractivity (Wildman–Crippen MR) is 82.7 cm³/mol. The monoisotopic (exact) mass is 287 g/mol. The van der Waals surface area contributed by atoms with Gasteiger partial charge in [-0.1, -0.05) is 6.42 Å². The molecule has 3 heterocycles. The quantitative estimate of drug-likeness (QED) is 0.867. The molecule has 0 saturated carbocycles. The lowest BCUT2D eigenvalue weighted by molar-refractivity contribution is 0.0998. The van der Waals surface area contributed by atoms with E-state index in [1.54, 1.807) is 0 Å². The van der Waals surface area contributed by atoms with E-state index in [0.717, 1.165) is 37.4 Å². The van der Waals surface area contributed by atoms with Crippen LogP contribution in [0.15, 0.2) is 0 Å². The fourth-order valence-corrected chi connectivity index (χ4v) is 4.18. The lowest BCUT2D eigenvalue weighted by atomic mass is 9.88. The number of nitrogens with one attached hydrogen (secondary N) is 1. The largest absolute Gasteiger partial charge is 0.374 e. The second kappa shape index (κ2) is 5.56. The fraction of sp³-hybridized carbons (Fsp3) is 0.765. The van der Waals surface area contributed by atoms with Gasteiger partial charge in [0.1, 0.15) is 11.6 Å². The molecule has 4 heteroatoms. The second-order valence-corrected chi connectivity index (χ2v) is 6.66. The normalized spacial score (nSPS) is 31.0. The Labute approximate surface area is 126 Å². The molecular formula is C17H25N3O. The van der Waals surface area contributed by atoms with Gasteiger partial charge in [-0.2, -0.15) is 0 Å². The summed E-state index contributed by atoms with van der Waals surface area (Å²) >= 11 is 0. The van der Waals surface area contributed by atoms with Crippen molar-refractivity contribution in [3.8, 4) is 0 Å². The van der Waals surface area contributed by atoms with Crippen LogP contribution in [0.5, 0.6) is 0 Å². The van der Waals surface area contributed by atoms with Crippen molar-refractivity contribution in [1.29, 1.82) is 0 Å². The molecule has 1 aliphatic carbocycles. The van der Waals surface area contributed by atoms with Gasteiger partial charge in [0.2, 0.25) is 0 Å². The summed E-state index contributed by atoms with van der Waals surface area (Å²) in [6, 6.07) is 0. The van der Waals surface area contributed by atoms with Crippen LogP contribution in [0.3, 0.4) is 0 Å². The maximum Gasteiger partial charge on any atom is 0.136 e. The van der Waals surface area contributed by atoms with Gasteiger partial charge in [-0.15, -0.1) is 0 Å². The van der Waals surface area contributed by atoms with Crippen LogP contribution >= 0.6 is 0 Å². The van der Waals surface area contributed by atoms with Crippen molar-refractivity contribution in [2.24, 2.45) is 0 Å². The Kier molecular flexibility index (Phi) is 3.57. The number of hydrogen-bond donors (Lipinski definition) is 1. The highest BCUT2D eigenvalue weighted by molar-refractivity contribution is 5.47. The molecule has 3 atom stereocenters. The molecule has 3 unspecified atom stereocenters. The van der Waals surface area contributed by atoms with Crippen molar-refractivity contribution in [3.05, 3.63) is 17.1 Å². The van der Waals surface area contributed by atoms with E-state index in [4.69, 9.17) is 14.7 Å². The maximum absolute atomic E-state index is 6.01. The number of anilines is 1. The standard InChI is InChI=1S/C17H25N3O/c1-2-18-16-12-6-4-3-5-7-14(12)19-17(20-16)13-10-11-8-9-15(13)21-11/h11,13,15H,2-10H2,1H3,(H,18,19,20). The zero-order valence-corrected chi connectivity index (χ0v) is 12.9. The Bertz CT molecular complexity index is 531. The zero-order chi connectivity index (χ0) is 14.2. The number of hydrogen-bond acceptors (Lipinski definition) is 4. The van der Waals surface area contributed by atoms with Crippen LogP contribution in [-0.2, 0) is 17.6 Å². The first-order valence-corrected chi connectivity index (χ1v) is 8.64. The zero-order valence-electron chi connectivity index (χ0n) is 12.9. The Balaban J connectivity index is 1.71. The molecule has 3 aliphatic rings. The third-order valence-electron chi connectivity index (χ3n) is 5.23. The minimum atomic E-state index is 0.369. The molecule has 114 valence electrons. The highest BCUT2D eigenvalue weighted by Crippen LogP contribution is 2.44. The van der Waals surface area contributed by atoms with Crippen molar-refractivity contribution >= 4 is 5.82 Å². The lowest BCUT2D eigenvalue weighted by Gasteiger charge is -2.20. The van der Waals surface area contributed by atoms with Crippen LogP contribution in [-0.4, -0.2) is 28.7 Å². The third-order valence-corrected chi connectivity index (χ3v) is 5.23. The van der Waals surface area contributed by atoms with E-state index >= 15 is 0 Å². The molecule has 0 radical (unpaired) electrons. The summed E-state index contributed by atoms with van der Waals surface area (Å²) in [5.41, 5.74) is 2.68. The molecule has 0 amide bonds. The smallest absolute Gasteiger partial charge is 0.136 e. The van der Waals surface area contributed by atoms with Gasteiger partial charge in [-0.25, -0.2) is 9.97 Å². The fourth-order valence-electron chi connectivity index (χ4n) is 4.18. The molecule has 2 bridgehead atoms. The summed E-state index contributed by atoms with van der Waals surface area (Å²) in [7, 11) is 0. The van der Waals surface area contributed by atoms with Crippen molar-refractivity contribution in [3.63, 3.8) is 0 Å². The molecule has 1 N–H and O–H groups in total. The topological polar surface area (TPSA) is 47.0 Å². The minimum absolute atomic E-state index is 0.369. The first kappa shape index (κ1) is 13.5. The van der Waals surface area contributed by atoms with Gasteiger partial charge in [0, 0.05) is 23.7 Å². The maximum atomic E-state index is 6.01. The number of ether oxygens (including phenoxy) is 1. The Morgan fingerprint density at radius 1 is 1.14 bits per heavy atom. The van der Waals surface area contributed by atoms with Crippen LogP contribution in [0.1, 0.15) is 68.4 Å². The average molecular weight is 287 g/mol. The predicted octanol–water partition coefficient (Wildman–Crippen LogP) is 3.21. The van der Waals surface area contributed by atoms with Gasteiger partial charge >= 0.3 is 0 Å². The van der Waals surface area contributed by atoms with Gasteiger partial charge in [0.05, 0.1) is 12.2 Å². The average Bonchev–Trinajstić information content (AvgIpc) is 3.04. The third kappa shape index (κ3) is 2.44. The number of aryl methyl sites for hydroxylation is 1. The molecule has 2 fully saturated rings. The van der Waals surface area contributed by atoms with Gasteiger partial charge in [0.15, 0.2) is 0 Å². The molecule has 2 saturated heterocycles. The molecule has 0 spiro atoms. The number of aromatic nitrogens is 2. The van der Waals surface area contributed by atoms with Crippen LogP contribution in [0.4, 0.5) is 5.82 Å². The number of fused-ring (bicyclic) bond motifs is 3. The SMILES string of the molecule is CCNc1nc(C2CC3CCC2O3)nc2c1CCCCC2. The number of rotatable bonds is 3. The highest BCUT2D eigenvalue weighted by atomic mass is 16.5. The van der Waals surface area contributed by atoms with Crippen molar-refractivity contribution in [1.82, 2.24) is 9.97 Å². The van der Waals surface area contributed by atoms with Crippen molar-refractivity contribution < 1.29 is 4.74 Å². The summed E-state index contributed by atoms with van der Waals surface area (Å²) in [6.07, 6.45) is 10.5. The molecule has 4 nitrogen and oxygen atoms in total. The summed E-state index contributed by atoms with van der Waals surface area (Å²) in [6.45, 7) is 3.07. The van der Waals surface area contributed by atoms with Gasteiger partial charge in [0.25, 0.3) is 0 Å². The Hall–Kier alpha value is -1.16. The van der Waals surface area contributed by atoms with Crippen LogP contribution in [0.25, 0.3) is 0 Å². The van der Waals surface area contributed by atoms with Crippen LogP contribution in [0.2, 0.25) is 0 Å². The number of nitrogens with zero attached hydrogens (tertiary/aromatic N) is 2. The first-order valence-electron chi connectivity index (χ1n) is 8.64. The molecular weight excluding hydrogens is 262 g/mol. The van der Waals surface area contributed by atoms with Crippen LogP contribution in [0, 0.1) is 0 Å². The van der Waals surface area contributed by atoms with Crippen molar-refractivity contribution in [2.45, 2.75) is 76.4 Å². The van der Waals surface area contributed by atoms with Gasteiger partial charge < -0.3 is 10.1 Å². The summed E-state index contributed by atoms with van der Waals surface area (Å²) in [5.74, 6) is 2.57. The summed E-state index contributed by atoms with van der Waals surface area (Å²) in [4.78, 5) is 9.90. The minimum Gasteiger partial charge on any atom is -0.374 e. The van der Waals surface area contributed by atoms with Crippen LogP contribution < -0.4 is 5.32 Å². The summed E-state index contributed by atoms with van der Waals surface area (Å²) < 4.78 is 6.01. The van der Waals surface area contributed by atoms with E-state index in [1.165, 1.54) is 43.4 Å². The molecule has 0 aromatic carbocycles. The van der Waals surface area contributed by atoms with E-state index in [0.29, 0.717) is 18.1 Å². The Morgan fingerprint density at radius 2 is 2.05 bits per heavy atom. The molecule has 21 heavy (non-hydrogen) atoms. The van der Waals surface area contributed by atoms with E-state index in [9.17, 15) is 0 Å². The van der Waals surface area contributed by atoms with E-state index < -0.39 is 0 Å². The second-order valence-electron chi connectivity index (χ2n) is 6.66.